The number of nitrogens with one attached hydrogen (secondary N) is 2. The molecule has 0 aliphatic carbocycles. The molecule has 9 heteroatoms. The highest BCUT2D eigenvalue weighted by molar-refractivity contribution is 7.19. The summed E-state index contributed by atoms with van der Waals surface area (Å²) in [5.74, 6) is -1.49. The lowest BCUT2D eigenvalue weighted by molar-refractivity contribution is -0.111. The van der Waals surface area contributed by atoms with Crippen molar-refractivity contribution in [2.24, 2.45) is 0 Å². The first-order valence-electron chi connectivity index (χ1n) is 9.91. The van der Waals surface area contributed by atoms with E-state index in [2.05, 4.69) is 10.6 Å². The maximum atomic E-state index is 12.8. The summed E-state index contributed by atoms with van der Waals surface area (Å²) in [6.07, 6.45) is 2.86. The van der Waals surface area contributed by atoms with Crippen LogP contribution >= 0.6 is 34.5 Å². The summed E-state index contributed by atoms with van der Waals surface area (Å²) in [4.78, 5) is 38.2. The molecule has 0 saturated heterocycles. The summed E-state index contributed by atoms with van der Waals surface area (Å²) in [6.45, 7) is 3.48. The summed E-state index contributed by atoms with van der Waals surface area (Å²) < 4.78 is 5.14. The molecule has 0 aliphatic heterocycles. The Labute approximate surface area is 205 Å². The Hall–Kier alpha value is -3.13. The molecular weight excluding hydrogens is 483 g/mol. The lowest BCUT2D eigenvalue weighted by Crippen LogP contribution is -2.13. The first-order chi connectivity index (χ1) is 15.8. The third-order valence-electron chi connectivity index (χ3n) is 4.47. The number of benzene rings is 2. The van der Waals surface area contributed by atoms with Crippen molar-refractivity contribution < 1.29 is 19.1 Å². The molecule has 0 atom stereocenters. The van der Waals surface area contributed by atoms with Crippen LogP contribution in [0.4, 0.5) is 10.7 Å². The van der Waals surface area contributed by atoms with Crippen molar-refractivity contribution in [3.8, 4) is 0 Å². The number of hydrogen-bond acceptors (Lipinski definition) is 5. The predicted octanol–water partition coefficient (Wildman–Crippen LogP) is 6.44. The summed E-state index contributed by atoms with van der Waals surface area (Å²) in [7, 11) is 0. The van der Waals surface area contributed by atoms with Crippen LogP contribution in [0.5, 0.6) is 0 Å². The molecule has 2 amide bonds. The quantitative estimate of drug-likeness (QED) is 0.287. The Balaban J connectivity index is 1.86. The van der Waals surface area contributed by atoms with Gasteiger partial charge in [-0.25, -0.2) is 4.79 Å². The van der Waals surface area contributed by atoms with Crippen molar-refractivity contribution in [2.75, 3.05) is 17.2 Å². The number of ether oxygens (including phenoxy) is 1. The number of anilines is 2. The van der Waals surface area contributed by atoms with Gasteiger partial charge in [-0.2, -0.15) is 0 Å². The van der Waals surface area contributed by atoms with E-state index in [1.807, 2.05) is 6.07 Å². The molecule has 0 bridgehead atoms. The SMILES string of the molecule is CCOC(=O)c1c(NC(=O)C=Cc2ccc(Cl)c(Cl)c2)sc(C(=O)Nc2ccccc2)c1C. The normalized spacial score (nSPS) is 10.8. The van der Waals surface area contributed by atoms with E-state index in [9.17, 15) is 14.4 Å². The van der Waals surface area contributed by atoms with Gasteiger partial charge < -0.3 is 15.4 Å². The van der Waals surface area contributed by atoms with Gasteiger partial charge in [-0.15, -0.1) is 11.3 Å². The van der Waals surface area contributed by atoms with Crippen molar-refractivity contribution >= 4 is 69.1 Å². The second-order valence-electron chi connectivity index (χ2n) is 6.80. The largest absolute Gasteiger partial charge is 0.462 e. The van der Waals surface area contributed by atoms with E-state index < -0.39 is 11.9 Å². The van der Waals surface area contributed by atoms with E-state index in [1.165, 1.54) is 6.08 Å². The van der Waals surface area contributed by atoms with Crippen molar-refractivity contribution in [2.45, 2.75) is 13.8 Å². The van der Waals surface area contributed by atoms with E-state index in [0.717, 1.165) is 11.3 Å². The topological polar surface area (TPSA) is 84.5 Å². The lowest BCUT2D eigenvalue weighted by atomic mass is 10.1. The van der Waals surface area contributed by atoms with Crippen LogP contribution in [-0.4, -0.2) is 24.4 Å². The predicted molar refractivity (Wildman–Crippen MR) is 134 cm³/mol. The molecule has 0 radical (unpaired) electrons. The zero-order valence-corrected chi connectivity index (χ0v) is 20.1. The summed E-state index contributed by atoms with van der Waals surface area (Å²) in [5, 5.41) is 6.48. The highest BCUT2D eigenvalue weighted by Crippen LogP contribution is 2.34. The number of esters is 1. The van der Waals surface area contributed by atoms with Crippen LogP contribution in [-0.2, 0) is 9.53 Å². The van der Waals surface area contributed by atoms with Gasteiger partial charge in [-0.3, -0.25) is 9.59 Å². The fourth-order valence-electron chi connectivity index (χ4n) is 2.92. The zero-order chi connectivity index (χ0) is 24.0. The molecule has 33 heavy (non-hydrogen) atoms. The first-order valence-corrected chi connectivity index (χ1v) is 11.5. The Kier molecular flexibility index (Phi) is 8.27. The van der Waals surface area contributed by atoms with Crippen LogP contribution in [0, 0.1) is 6.92 Å². The van der Waals surface area contributed by atoms with Gasteiger partial charge in [0.05, 0.1) is 27.1 Å². The van der Waals surface area contributed by atoms with Crippen LogP contribution < -0.4 is 10.6 Å². The maximum absolute atomic E-state index is 12.8. The van der Waals surface area contributed by atoms with Crippen LogP contribution in [0.3, 0.4) is 0 Å². The molecule has 1 heterocycles. The molecule has 170 valence electrons. The van der Waals surface area contributed by atoms with Gasteiger partial charge in [0.15, 0.2) is 0 Å². The molecule has 6 nitrogen and oxygen atoms in total. The molecule has 1 aromatic heterocycles. The molecule has 0 fully saturated rings. The molecule has 0 spiro atoms. The average molecular weight is 503 g/mol. The third-order valence-corrected chi connectivity index (χ3v) is 6.42. The molecular formula is C24H20Cl2N2O4S. The first kappa shape index (κ1) is 24.5. The van der Waals surface area contributed by atoms with E-state index in [4.69, 9.17) is 27.9 Å². The number of carbonyl (C=O) groups is 3. The molecule has 0 saturated carbocycles. The van der Waals surface area contributed by atoms with E-state index in [-0.39, 0.29) is 23.1 Å². The minimum absolute atomic E-state index is 0.149. The number of thiophene rings is 1. The zero-order valence-electron chi connectivity index (χ0n) is 17.8. The number of hydrogen-bond donors (Lipinski definition) is 2. The fraction of sp³-hybridized carbons (Fsp3) is 0.125. The van der Waals surface area contributed by atoms with Crippen LogP contribution in [0.2, 0.25) is 10.0 Å². The smallest absolute Gasteiger partial charge is 0.341 e. The van der Waals surface area contributed by atoms with Gasteiger partial charge in [0.25, 0.3) is 5.91 Å². The van der Waals surface area contributed by atoms with Gasteiger partial charge in [0, 0.05) is 11.8 Å². The average Bonchev–Trinajstić information content (AvgIpc) is 3.11. The van der Waals surface area contributed by atoms with Gasteiger partial charge in [0.2, 0.25) is 5.91 Å². The third kappa shape index (κ3) is 6.22. The maximum Gasteiger partial charge on any atom is 0.341 e. The highest BCUT2D eigenvalue weighted by Gasteiger charge is 2.26. The summed E-state index contributed by atoms with van der Waals surface area (Å²) >= 11 is 12.9. The number of para-hydroxylation sites is 1. The molecule has 0 aliphatic rings. The van der Waals surface area contributed by atoms with Gasteiger partial charge >= 0.3 is 5.97 Å². The second-order valence-corrected chi connectivity index (χ2v) is 8.63. The van der Waals surface area contributed by atoms with E-state index in [0.29, 0.717) is 31.7 Å². The number of amides is 2. The van der Waals surface area contributed by atoms with E-state index >= 15 is 0 Å². The van der Waals surface area contributed by atoms with Gasteiger partial charge in [0.1, 0.15) is 5.00 Å². The Morgan fingerprint density at radius 3 is 2.42 bits per heavy atom. The van der Waals surface area contributed by atoms with Crippen molar-refractivity contribution in [3.63, 3.8) is 0 Å². The minimum atomic E-state index is -0.617. The Morgan fingerprint density at radius 1 is 1.03 bits per heavy atom. The van der Waals surface area contributed by atoms with Crippen molar-refractivity contribution in [1.82, 2.24) is 0 Å². The highest BCUT2D eigenvalue weighted by atomic mass is 35.5. The van der Waals surface area contributed by atoms with E-state index in [1.54, 1.807) is 62.4 Å². The number of rotatable bonds is 7. The minimum Gasteiger partial charge on any atom is -0.462 e. The van der Waals surface area contributed by atoms with Crippen LogP contribution in [0.15, 0.2) is 54.6 Å². The van der Waals surface area contributed by atoms with Gasteiger partial charge in [-0.05, 0) is 55.3 Å². The van der Waals surface area contributed by atoms with Crippen molar-refractivity contribution in [3.05, 3.63) is 86.2 Å². The van der Waals surface area contributed by atoms with Crippen LogP contribution in [0.25, 0.3) is 6.08 Å². The Morgan fingerprint density at radius 2 is 1.76 bits per heavy atom. The summed E-state index contributed by atoms with van der Waals surface area (Å²) in [5.41, 5.74) is 1.87. The molecule has 3 aromatic rings. The standard InChI is InChI=1S/C24H20Cl2N2O4S/c1-3-32-24(31)20-14(2)21(22(30)27-16-7-5-4-6-8-16)33-23(20)28-19(29)12-10-15-9-11-17(25)18(26)13-15/h4-13H,3H2,1-2H3,(H,27,30)(H,28,29). The molecule has 2 N–H and O–H groups in total. The number of carbonyl (C=O) groups excluding carboxylic acids is 3. The van der Waals surface area contributed by atoms with Crippen LogP contribution in [0.1, 0.15) is 38.1 Å². The monoisotopic (exact) mass is 502 g/mol. The molecule has 0 unspecified atom stereocenters. The number of halogens is 2. The van der Waals surface area contributed by atoms with Gasteiger partial charge in [-0.1, -0.05) is 47.5 Å². The summed E-state index contributed by atoms with van der Waals surface area (Å²) in [6, 6.07) is 13.9. The van der Waals surface area contributed by atoms with Crippen molar-refractivity contribution in [1.29, 1.82) is 0 Å². The lowest BCUT2D eigenvalue weighted by Gasteiger charge is -2.06. The Bertz CT molecular complexity index is 1220. The molecule has 2 aromatic carbocycles. The fourth-order valence-corrected chi connectivity index (χ4v) is 4.32. The molecule has 3 rings (SSSR count). The second kappa shape index (κ2) is 11.1.